The minimum Gasteiger partial charge on any atom is -0.390 e. The lowest BCUT2D eigenvalue weighted by Crippen LogP contribution is -2.54. The van der Waals surface area contributed by atoms with Gasteiger partial charge in [-0.15, -0.1) is 0 Å². The number of aliphatic hydroxyl groups is 2. The van der Waals surface area contributed by atoms with Crippen LogP contribution in [-0.4, -0.2) is 66.7 Å². The number of amides is 2. The Balaban J connectivity index is 1.53. The van der Waals surface area contributed by atoms with Gasteiger partial charge in [-0.3, -0.25) is 9.59 Å². The average molecular weight is 508 g/mol. The summed E-state index contributed by atoms with van der Waals surface area (Å²) in [5.74, 6) is -1.39. The van der Waals surface area contributed by atoms with Gasteiger partial charge in [-0.05, 0) is 43.2 Å². The molecule has 2 aromatic heterocycles. The van der Waals surface area contributed by atoms with Gasteiger partial charge in [0, 0.05) is 29.3 Å². The number of primary amides is 1. The summed E-state index contributed by atoms with van der Waals surface area (Å²) in [5.41, 5.74) is 7.52. The van der Waals surface area contributed by atoms with Gasteiger partial charge in [0.1, 0.15) is 11.8 Å². The molecule has 0 saturated heterocycles. The Morgan fingerprint density at radius 2 is 1.86 bits per heavy atom. The molecule has 37 heavy (non-hydrogen) atoms. The van der Waals surface area contributed by atoms with Crippen molar-refractivity contribution in [2.45, 2.75) is 75.5 Å². The van der Waals surface area contributed by atoms with Gasteiger partial charge in [-0.25, -0.2) is 4.98 Å². The second kappa shape index (κ2) is 11.1. The van der Waals surface area contributed by atoms with E-state index in [1.165, 1.54) is 18.9 Å². The van der Waals surface area contributed by atoms with E-state index in [2.05, 4.69) is 15.0 Å². The standard InChI is InChI=1S/C28H37N5O4/c29-27(36)20(23-14-30-16-31-23)15-33(28(37)22-13-19-8-4-5-9-21(19)32-22)24(12-17-6-2-1-3-7-17)26(35)25(34)18-10-11-18/h4-5,8-9,13-14,16-18,20,24-26,32,34-35H,1-3,6-7,10-12,15H2,(H2,29,36)(H,30,31)/t20?,24-,25-,26+/m0/s1. The monoisotopic (exact) mass is 507 g/mol. The molecule has 9 nitrogen and oxygen atoms in total. The van der Waals surface area contributed by atoms with E-state index in [4.69, 9.17) is 5.73 Å². The molecule has 2 aliphatic rings. The van der Waals surface area contributed by atoms with Gasteiger partial charge in [0.15, 0.2) is 0 Å². The molecule has 1 aromatic carbocycles. The van der Waals surface area contributed by atoms with Crippen LogP contribution >= 0.6 is 0 Å². The zero-order valence-electron chi connectivity index (χ0n) is 21.1. The van der Waals surface area contributed by atoms with Crippen LogP contribution in [0.5, 0.6) is 0 Å². The Hall–Kier alpha value is -3.17. The molecule has 2 aliphatic carbocycles. The maximum atomic E-state index is 14.2. The predicted molar refractivity (Wildman–Crippen MR) is 140 cm³/mol. The van der Waals surface area contributed by atoms with E-state index in [9.17, 15) is 19.8 Å². The number of carbonyl (C=O) groups is 2. The van der Waals surface area contributed by atoms with Crippen molar-refractivity contribution in [3.8, 4) is 0 Å². The number of H-pyrrole nitrogens is 2. The Kier molecular flexibility index (Phi) is 7.62. The van der Waals surface area contributed by atoms with Crippen LogP contribution in [-0.2, 0) is 4.79 Å². The van der Waals surface area contributed by atoms with Crippen molar-refractivity contribution in [3.05, 3.63) is 54.2 Å². The van der Waals surface area contributed by atoms with Gasteiger partial charge < -0.3 is 30.8 Å². The van der Waals surface area contributed by atoms with Crippen molar-refractivity contribution < 1.29 is 19.8 Å². The van der Waals surface area contributed by atoms with Crippen LogP contribution in [0, 0.1) is 11.8 Å². The number of hydrogen-bond acceptors (Lipinski definition) is 5. The third-order valence-electron chi connectivity index (χ3n) is 8.19. The van der Waals surface area contributed by atoms with Crippen molar-refractivity contribution in [3.63, 3.8) is 0 Å². The van der Waals surface area contributed by atoms with E-state index in [0.717, 1.165) is 49.4 Å². The molecule has 0 spiro atoms. The molecular weight excluding hydrogens is 470 g/mol. The molecule has 3 aromatic rings. The second-order valence-electron chi connectivity index (χ2n) is 10.8. The summed E-state index contributed by atoms with van der Waals surface area (Å²) in [4.78, 5) is 38.5. The number of nitrogens with one attached hydrogen (secondary N) is 2. The number of carbonyl (C=O) groups excluding carboxylic acids is 2. The number of rotatable bonds is 11. The Bertz CT molecular complexity index is 1170. The molecule has 198 valence electrons. The fourth-order valence-electron chi connectivity index (χ4n) is 5.87. The summed E-state index contributed by atoms with van der Waals surface area (Å²) >= 11 is 0. The predicted octanol–water partition coefficient (Wildman–Crippen LogP) is 3.07. The molecule has 1 unspecified atom stereocenters. The number of nitrogens with zero attached hydrogens (tertiary/aromatic N) is 2. The molecule has 0 radical (unpaired) electrons. The van der Waals surface area contributed by atoms with Crippen LogP contribution in [0.15, 0.2) is 42.9 Å². The van der Waals surface area contributed by atoms with Crippen LogP contribution in [0.3, 0.4) is 0 Å². The number of aliphatic hydroxyl groups excluding tert-OH is 2. The smallest absolute Gasteiger partial charge is 0.270 e. The second-order valence-corrected chi connectivity index (χ2v) is 10.8. The summed E-state index contributed by atoms with van der Waals surface area (Å²) in [6, 6.07) is 8.76. The van der Waals surface area contributed by atoms with Crippen molar-refractivity contribution in [2.75, 3.05) is 6.54 Å². The van der Waals surface area contributed by atoms with Crippen LogP contribution in [0.2, 0.25) is 0 Å². The number of para-hydroxylation sites is 1. The first kappa shape index (κ1) is 25.5. The SMILES string of the molecule is NC(=O)C(CN(C(=O)c1cc2ccccc2[nH]1)[C@@H](CC1CCCCC1)[C@@H](O)[C@@H](O)C1CC1)c1cnc[nH]1. The molecule has 9 heteroatoms. The van der Waals surface area contributed by atoms with Crippen LogP contribution in [0.25, 0.3) is 10.9 Å². The Morgan fingerprint density at radius 1 is 1.11 bits per heavy atom. The maximum absolute atomic E-state index is 14.2. The highest BCUT2D eigenvalue weighted by Gasteiger charge is 2.43. The third kappa shape index (κ3) is 5.72. The molecule has 2 fully saturated rings. The maximum Gasteiger partial charge on any atom is 0.270 e. The minimum absolute atomic E-state index is 0.0302. The molecule has 0 aliphatic heterocycles. The van der Waals surface area contributed by atoms with Gasteiger partial charge in [-0.1, -0.05) is 50.3 Å². The van der Waals surface area contributed by atoms with E-state index in [1.807, 2.05) is 24.3 Å². The van der Waals surface area contributed by atoms with E-state index in [0.29, 0.717) is 23.7 Å². The van der Waals surface area contributed by atoms with Crippen LogP contribution < -0.4 is 5.73 Å². The van der Waals surface area contributed by atoms with Crippen LogP contribution in [0.4, 0.5) is 0 Å². The highest BCUT2D eigenvalue weighted by Crippen LogP contribution is 2.38. The fraction of sp³-hybridized carbons (Fsp3) is 0.536. The quantitative estimate of drug-likeness (QED) is 0.270. The number of fused-ring (bicyclic) bond motifs is 1. The molecule has 2 amide bonds. The topological polar surface area (TPSA) is 148 Å². The van der Waals surface area contributed by atoms with Crippen molar-refractivity contribution >= 4 is 22.7 Å². The first-order chi connectivity index (χ1) is 17.9. The van der Waals surface area contributed by atoms with Gasteiger partial charge in [-0.2, -0.15) is 0 Å². The van der Waals surface area contributed by atoms with Gasteiger partial charge in [0.05, 0.1) is 24.4 Å². The number of hydrogen-bond donors (Lipinski definition) is 5. The Labute approximate surface area is 216 Å². The number of nitrogens with two attached hydrogens (primary N) is 1. The fourth-order valence-corrected chi connectivity index (χ4v) is 5.87. The largest absolute Gasteiger partial charge is 0.390 e. The average Bonchev–Trinajstić information content (AvgIpc) is 3.43. The van der Waals surface area contributed by atoms with Crippen molar-refractivity contribution in [1.29, 1.82) is 0 Å². The van der Waals surface area contributed by atoms with Gasteiger partial charge in [0.2, 0.25) is 5.91 Å². The summed E-state index contributed by atoms with van der Waals surface area (Å²) in [5, 5.41) is 23.4. The molecule has 2 saturated carbocycles. The number of benzene rings is 1. The van der Waals surface area contributed by atoms with Crippen LogP contribution in [0.1, 0.15) is 73.5 Å². The molecular formula is C28H37N5O4. The van der Waals surface area contributed by atoms with Crippen molar-refractivity contribution in [1.82, 2.24) is 19.9 Å². The first-order valence-corrected chi connectivity index (χ1v) is 13.4. The molecule has 0 bridgehead atoms. The zero-order chi connectivity index (χ0) is 25.9. The molecule has 4 atom stereocenters. The summed E-state index contributed by atoms with van der Waals surface area (Å²) in [7, 11) is 0. The molecule has 6 N–H and O–H groups in total. The van der Waals surface area contributed by atoms with E-state index in [-0.39, 0.29) is 18.4 Å². The van der Waals surface area contributed by atoms with E-state index < -0.39 is 30.1 Å². The lowest BCUT2D eigenvalue weighted by molar-refractivity contribution is -0.120. The summed E-state index contributed by atoms with van der Waals surface area (Å²) in [6.07, 6.45) is 8.72. The van der Waals surface area contributed by atoms with Gasteiger partial charge in [0.25, 0.3) is 5.91 Å². The third-order valence-corrected chi connectivity index (χ3v) is 8.19. The van der Waals surface area contributed by atoms with E-state index >= 15 is 0 Å². The molecule has 2 heterocycles. The first-order valence-electron chi connectivity index (χ1n) is 13.4. The Morgan fingerprint density at radius 3 is 2.51 bits per heavy atom. The minimum atomic E-state index is -1.13. The number of aromatic nitrogens is 3. The normalized spacial score (nSPS) is 19.8. The number of imidazole rings is 1. The highest BCUT2D eigenvalue weighted by molar-refractivity contribution is 5.98. The lowest BCUT2D eigenvalue weighted by atomic mass is 9.82. The number of aromatic amines is 2. The molecule has 5 rings (SSSR count). The summed E-state index contributed by atoms with van der Waals surface area (Å²) in [6.45, 7) is -0.0302. The van der Waals surface area contributed by atoms with Gasteiger partial charge >= 0.3 is 0 Å². The van der Waals surface area contributed by atoms with Crippen molar-refractivity contribution in [2.24, 2.45) is 17.6 Å². The zero-order valence-corrected chi connectivity index (χ0v) is 21.1. The van der Waals surface area contributed by atoms with E-state index in [1.54, 1.807) is 11.0 Å². The highest BCUT2D eigenvalue weighted by atomic mass is 16.3. The summed E-state index contributed by atoms with van der Waals surface area (Å²) < 4.78 is 0. The lowest BCUT2D eigenvalue weighted by Gasteiger charge is -2.40.